The zero-order valence-corrected chi connectivity index (χ0v) is 16.5. The first kappa shape index (κ1) is 20.2. The van der Waals surface area contributed by atoms with Crippen LogP contribution in [0.25, 0.3) is 0 Å². The van der Waals surface area contributed by atoms with Crippen LogP contribution in [0.15, 0.2) is 0 Å². The molecule has 7 heteroatoms. The SMILES string of the molecule is CCCC(N(C)C(CCC)[SiH](OC)OC)[SiH](OC)OC. The van der Waals surface area contributed by atoms with E-state index >= 15 is 0 Å². The van der Waals surface area contributed by atoms with Gasteiger partial charge in [-0.25, -0.2) is 0 Å². The average Bonchev–Trinajstić information content (AvgIpc) is 2.47. The van der Waals surface area contributed by atoms with Crippen molar-refractivity contribution in [3.8, 4) is 0 Å². The standard InChI is InChI=1S/C13H33NO4Si2/c1-8-10-12(19(15-4)16-5)14(3)13(11-9-2)20(17-6)18-7/h12-13,19-20H,8-11H2,1-7H3. The molecule has 0 aliphatic heterocycles. The van der Waals surface area contributed by atoms with Crippen molar-refractivity contribution in [2.45, 2.75) is 50.9 Å². The lowest BCUT2D eigenvalue weighted by molar-refractivity contribution is 0.150. The van der Waals surface area contributed by atoms with Gasteiger partial charge in [0, 0.05) is 28.4 Å². The minimum Gasteiger partial charge on any atom is -0.399 e. The molecule has 2 atom stereocenters. The summed E-state index contributed by atoms with van der Waals surface area (Å²) in [5, 5.41) is 0. The fourth-order valence-electron chi connectivity index (χ4n) is 2.72. The van der Waals surface area contributed by atoms with Crippen molar-refractivity contribution in [2.75, 3.05) is 35.5 Å². The van der Waals surface area contributed by atoms with Crippen LogP contribution in [0, 0.1) is 0 Å². The van der Waals surface area contributed by atoms with E-state index in [1.54, 1.807) is 28.4 Å². The third-order valence-electron chi connectivity index (χ3n) is 3.77. The van der Waals surface area contributed by atoms with E-state index in [2.05, 4.69) is 25.8 Å². The minimum atomic E-state index is -1.69. The Labute approximate surface area is 128 Å². The summed E-state index contributed by atoms with van der Waals surface area (Å²) in [7, 11) is 5.81. The molecule has 0 spiro atoms. The molecule has 122 valence electrons. The van der Waals surface area contributed by atoms with Crippen LogP contribution < -0.4 is 0 Å². The van der Waals surface area contributed by atoms with E-state index in [0.717, 1.165) is 25.7 Å². The first-order valence-corrected chi connectivity index (χ1v) is 10.7. The fourth-order valence-corrected chi connectivity index (χ4v) is 6.98. The lowest BCUT2D eigenvalue weighted by atomic mass is 10.2. The number of nitrogens with zero attached hydrogens (tertiary/aromatic N) is 1. The van der Waals surface area contributed by atoms with Crippen molar-refractivity contribution >= 4 is 18.6 Å². The van der Waals surface area contributed by atoms with Gasteiger partial charge in [-0.3, -0.25) is 4.90 Å². The molecule has 5 nitrogen and oxygen atoms in total. The lowest BCUT2D eigenvalue weighted by Crippen LogP contribution is -2.56. The maximum Gasteiger partial charge on any atom is 0.338 e. The number of hydrogen-bond acceptors (Lipinski definition) is 5. The van der Waals surface area contributed by atoms with Crippen molar-refractivity contribution in [3.63, 3.8) is 0 Å². The Morgan fingerprint density at radius 2 is 1.05 bits per heavy atom. The van der Waals surface area contributed by atoms with Gasteiger partial charge in [0.05, 0.1) is 11.3 Å². The van der Waals surface area contributed by atoms with Gasteiger partial charge >= 0.3 is 18.6 Å². The van der Waals surface area contributed by atoms with Gasteiger partial charge in [0.25, 0.3) is 0 Å². The molecule has 0 aromatic heterocycles. The Kier molecular flexibility index (Phi) is 12.0. The Hall–Kier alpha value is 0.234. The summed E-state index contributed by atoms with van der Waals surface area (Å²) < 4.78 is 22.5. The zero-order chi connectivity index (χ0) is 15.5. The normalized spacial score (nSPS) is 15.3. The topological polar surface area (TPSA) is 40.2 Å². The summed E-state index contributed by atoms with van der Waals surface area (Å²) in [4.78, 5) is 2.40. The van der Waals surface area contributed by atoms with E-state index < -0.39 is 18.6 Å². The first-order valence-electron chi connectivity index (χ1n) is 7.44. The smallest absolute Gasteiger partial charge is 0.338 e. The van der Waals surface area contributed by atoms with Crippen LogP contribution >= 0.6 is 0 Å². The summed E-state index contributed by atoms with van der Waals surface area (Å²) >= 11 is 0. The van der Waals surface area contributed by atoms with Gasteiger partial charge in [-0.1, -0.05) is 26.7 Å². The second-order valence-corrected chi connectivity index (χ2v) is 9.96. The van der Waals surface area contributed by atoms with Crippen LogP contribution in [0.4, 0.5) is 0 Å². The maximum atomic E-state index is 5.62. The fraction of sp³-hybridized carbons (Fsp3) is 1.00. The molecule has 2 unspecified atom stereocenters. The van der Waals surface area contributed by atoms with Crippen LogP contribution in [0.5, 0.6) is 0 Å². The second-order valence-electron chi connectivity index (χ2n) is 5.06. The monoisotopic (exact) mass is 323 g/mol. The molecule has 0 N–H and O–H groups in total. The van der Waals surface area contributed by atoms with E-state index in [0.29, 0.717) is 11.3 Å². The first-order chi connectivity index (χ1) is 9.60. The van der Waals surface area contributed by atoms with E-state index in [4.69, 9.17) is 17.7 Å². The quantitative estimate of drug-likeness (QED) is 0.507. The molecule has 0 aromatic rings. The summed E-state index contributed by atoms with van der Waals surface area (Å²) in [5.41, 5.74) is 0.707. The van der Waals surface area contributed by atoms with Crippen LogP contribution in [0.3, 0.4) is 0 Å². The predicted octanol–water partition coefficient (Wildman–Crippen LogP) is 1.36. The number of rotatable bonds is 12. The van der Waals surface area contributed by atoms with Gasteiger partial charge in [-0.05, 0) is 19.9 Å². The van der Waals surface area contributed by atoms with Crippen molar-refractivity contribution in [1.29, 1.82) is 0 Å². The molecule has 0 fully saturated rings. The summed E-state index contributed by atoms with van der Waals surface area (Å²) in [6.07, 6.45) is 4.42. The molecule has 0 radical (unpaired) electrons. The largest absolute Gasteiger partial charge is 0.399 e. The third-order valence-corrected chi connectivity index (χ3v) is 8.50. The predicted molar refractivity (Wildman–Crippen MR) is 87.5 cm³/mol. The Morgan fingerprint density at radius 1 is 0.750 bits per heavy atom. The van der Waals surface area contributed by atoms with E-state index in [1.807, 2.05) is 0 Å². The van der Waals surface area contributed by atoms with Crippen molar-refractivity contribution in [3.05, 3.63) is 0 Å². The number of hydrogen-bond donors (Lipinski definition) is 0. The highest BCUT2D eigenvalue weighted by molar-refractivity contribution is 6.48. The highest BCUT2D eigenvalue weighted by Crippen LogP contribution is 2.18. The van der Waals surface area contributed by atoms with Gasteiger partial charge in [0.2, 0.25) is 0 Å². The molecule has 0 bridgehead atoms. The van der Waals surface area contributed by atoms with Crippen molar-refractivity contribution < 1.29 is 17.7 Å². The van der Waals surface area contributed by atoms with Gasteiger partial charge < -0.3 is 17.7 Å². The average molecular weight is 324 g/mol. The molecular formula is C13H33NO4Si2. The van der Waals surface area contributed by atoms with Crippen LogP contribution in [0.2, 0.25) is 0 Å². The molecule has 0 aliphatic carbocycles. The minimum absolute atomic E-state index is 0.354. The van der Waals surface area contributed by atoms with Gasteiger partial charge in [0.1, 0.15) is 0 Å². The Balaban J connectivity index is 5.06. The molecule has 0 aliphatic rings. The Bertz CT molecular complexity index is 206. The highest BCUT2D eigenvalue weighted by Gasteiger charge is 2.36. The van der Waals surface area contributed by atoms with Gasteiger partial charge in [0.15, 0.2) is 0 Å². The summed E-state index contributed by atoms with van der Waals surface area (Å²) in [6, 6.07) is 0. The van der Waals surface area contributed by atoms with E-state index in [9.17, 15) is 0 Å². The molecule has 0 amide bonds. The molecule has 0 saturated heterocycles. The molecular weight excluding hydrogens is 290 g/mol. The van der Waals surface area contributed by atoms with Crippen LogP contribution in [0.1, 0.15) is 39.5 Å². The molecule has 0 heterocycles. The molecule has 20 heavy (non-hydrogen) atoms. The lowest BCUT2D eigenvalue weighted by Gasteiger charge is -2.38. The molecule has 0 aromatic carbocycles. The summed E-state index contributed by atoms with van der Waals surface area (Å²) in [6.45, 7) is 4.40. The van der Waals surface area contributed by atoms with Crippen molar-refractivity contribution in [2.24, 2.45) is 0 Å². The third kappa shape index (κ3) is 5.92. The molecule has 0 rings (SSSR count). The Morgan fingerprint density at radius 3 is 1.25 bits per heavy atom. The maximum absolute atomic E-state index is 5.62. The summed E-state index contributed by atoms with van der Waals surface area (Å²) in [5.74, 6) is 0. The molecule has 0 saturated carbocycles. The van der Waals surface area contributed by atoms with Crippen LogP contribution in [-0.2, 0) is 17.7 Å². The van der Waals surface area contributed by atoms with Crippen LogP contribution in [-0.4, -0.2) is 70.3 Å². The van der Waals surface area contributed by atoms with E-state index in [1.165, 1.54) is 0 Å². The van der Waals surface area contributed by atoms with Gasteiger partial charge in [-0.15, -0.1) is 0 Å². The zero-order valence-electron chi connectivity index (χ0n) is 14.2. The van der Waals surface area contributed by atoms with Crippen molar-refractivity contribution in [1.82, 2.24) is 4.90 Å². The van der Waals surface area contributed by atoms with Gasteiger partial charge in [-0.2, -0.15) is 0 Å². The second kappa shape index (κ2) is 11.8. The van der Waals surface area contributed by atoms with E-state index in [-0.39, 0.29) is 0 Å². The highest BCUT2D eigenvalue weighted by atomic mass is 28.3.